The molecule has 0 atom stereocenters. The highest BCUT2D eigenvalue weighted by Gasteiger charge is 2.26. The Bertz CT molecular complexity index is 1010. The summed E-state index contributed by atoms with van der Waals surface area (Å²) in [7, 11) is 1.79. The fourth-order valence-electron chi connectivity index (χ4n) is 3.35. The fourth-order valence-corrected chi connectivity index (χ4v) is 4.60. The molecule has 1 aromatic heterocycles. The molecule has 0 unspecified atom stereocenters. The summed E-state index contributed by atoms with van der Waals surface area (Å²) < 4.78 is 11.6. The Labute approximate surface area is 163 Å². The lowest BCUT2D eigenvalue weighted by atomic mass is 10.0. The molecule has 2 heterocycles. The minimum atomic E-state index is -0.0447. The number of carbonyl (C=O) groups excluding carboxylic acids is 1. The van der Waals surface area contributed by atoms with Gasteiger partial charge in [-0.05, 0) is 43.7 Å². The van der Waals surface area contributed by atoms with E-state index >= 15 is 0 Å². The maximum absolute atomic E-state index is 13.2. The van der Waals surface area contributed by atoms with Gasteiger partial charge in [0.05, 0.1) is 17.2 Å². The number of para-hydroxylation sites is 2. The van der Waals surface area contributed by atoms with Gasteiger partial charge >= 0.3 is 0 Å². The summed E-state index contributed by atoms with van der Waals surface area (Å²) in [5, 5.41) is 0. The summed E-state index contributed by atoms with van der Waals surface area (Å²) >= 11 is 1.53. The van der Waals surface area contributed by atoms with Gasteiger partial charge in [0, 0.05) is 23.1 Å². The third kappa shape index (κ3) is 3.08. The van der Waals surface area contributed by atoms with Gasteiger partial charge in [0.25, 0.3) is 5.91 Å². The number of fused-ring (bicyclic) bond motifs is 3. The summed E-state index contributed by atoms with van der Waals surface area (Å²) in [5.41, 5.74) is 4.09. The summed E-state index contributed by atoms with van der Waals surface area (Å²) in [5.74, 6) is 1.55. The van der Waals surface area contributed by atoms with E-state index in [1.807, 2.05) is 49.4 Å². The van der Waals surface area contributed by atoms with Crippen molar-refractivity contribution in [2.24, 2.45) is 0 Å². The van der Waals surface area contributed by atoms with Crippen molar-refractivity contribution in [3.05, 3.63) is 64.5 Å². The van der Waals surface area contributed by atoms with Gasteiger partial charge in [0.1, 0.15) is 18.1 Å². The topological polar surface area (TPSA) is 38.8 Å². The second-order valence-electron chi connectivity index (χ2n) is 6.47. The van der Waals surface area contributed by atoms with Crippen LogP contribution in [-0.2, 0) is 6.61 Å². The Morgan fingerprint density at radius 2 is 2.04 bits per heavy atom. The van der Waals surface area contributed by atoms with Gasteiger partial charge in [-0.25, -0.2) is 0 Å². The number of carbonyl (C=O) groups is 1. The Morgan fingerprint density at radius 3 is 2.85 bits per heavy atom. The van der Waals surface area contributed by atoms with E-state index in [1.54, 1.807) is 11.9 Å². The van der Waals surface area contributed by atoms with Crippen molar-refractivity contribution in [3.8, 4) is 21.9 Å². The number of hydrogen-bond acceptors (Lipinski definition) is 4. The Kier molecular flexibility index (Phi) is 4.62. The van der Waals surface area contributed by atoms with Crippen LogP contribution in [0.1, 0.15) is 27.7 Å². The van der Waals surface area contributed by atoms with Gasteiger partial charge in [-0.2, -0.15) is 0 Å². The first kappa shape index (κ1) is 17.6. The van der Waals surface area contributed by atoms with E-state index in [1.165, 1.54) is 11.3 Å². The molecular formula is C22H21NO3S. The predicted molar refractivity (Wildman–Crippen MR) is 109 cm³/mol. The number of hydrogen-bond donors (Lipinski definition) is 0. The van der Waals surface area contributed by atoms with E-state index in [4.69, 9.17) is 9.47 Å². The zero-order chi connectivity index (χ0) is 19.0. The largest absolute Gasteiger partial charge is 0.492 e. The van der Waals surface area contributed by atoms with Gasteiger partial charge in [-0.15, -0.1) is 11.3 Å². The van der Waals surface area contributed by atoms with Gasteiger partial charge in [0.2, 0.25) is 0 Å². The number of benzene rings is 2. The number of ether oxygens (including phenoxy) is 2. The van der Waals surface area contributed by atoms with Crippen molar-refractivity contribution >= 4 is 22.9 Å². The molecule has 4 nitrogen and oxygen atoms in total. The average molecular weight is 379 g/mol. The molecule has 4 rings (SSSR count). The molecule has 1 aliphatic heterocycles. The lowest BCUT2D eigenvalue weighted by Crippen LogP contribution is -2.26. The van der Waals surface area contributed by atoms with Crippen LogP contribution in [0.25, 0.3) is 10.4 Å². The molecule has 0 saturated carbocycles. The monoisotopic (exact) mass is 379 g/mol. The first-order chi connectivity index (χ1) is 13.1. The average Bonchev–Trinajstić information content (AvgIpc) is 3.12. The van der Waals surface area contributed by atoms with Crippen LogP contribution in [0.5, 0.6) is 11.5 Å². The van der Waals surface area contributed by atoms with Crippen LogP contribution in [0.15, 0.2) is 48.5 Å². The normalized spacial score (nSPS) is 12.0. The summed E-state index contributed by atoms with van der Waals surface area (Å²) in [6.07, 6.45) is 0. The van der Waals surface area contributed by atoms with E-state index in [2.05, 4.69) is 13.0 Å². The molecule has 0 saturated heterocycles. The molecule has 0 spiro atoms. The maximum atomic E-state index is 13.2. The van der Waals surface area contributed by atoms with E-state index in [0.29, 0.717) is 23.8 Å². The number of rotatable bonds is 4. The van der Waals surface area contributed by atoms with Crippen molar-refractivity contribution in [3.63, 3.8) is 0 Å². The second-order valence-corrected chi connectivity index (χ2v) is 7.52. The predicted octanol–water partition coefficient (Wildman–Crippen LogP) is 5.29. The molecule has 3 aromatic rings. The quantitative estimate of drug-likeness (QED) is 0.618. The molecule has 1 aliphatic rings. The van der Waals surface area contributed by atoms with E-state index in [-0.39, 0.29) is 5.91 Å². The second kappa shape index (κ2) is 7.08. The van der Waals surface area contributed by atoms with E-state index < -0.39 is 0 Å². The van der Waals surface area contributed by atoms with Crippen LogP contribution in [-0.4, -0.2) is 19.6 Å². The molecule has 0 fully saturated rings. The molecule has 0 aliphatic carbocycles. The minimum Gasteiger partial charge on any atom is -0.492 e. The molecular weight excluding hydrogens is 358 g/mol. The molecule has 1 amide bonds. The maximum Gasteiger partial charge on any atom is 0.268 e. The smallest absolute Gasteiger partial charge is 0.268 e. The van der Waals surface area contributed by atoms with Crippen LogP contribution >= 0.6 is 11.3 Å². The van der Waals surface area contributed by atoms with Crippen molar-refractivity contribution in [1.29, 1.82) is 0 Å². The molecule has 2 aromatic carbocycles. The summed E-state index contributed by atoms with van der Waals surface area (Å²) in [4.78, 5) is 16.6. The SMILES string of the molecule is CCOc1ccccc1N(C)C(=O)c1cc2c(s1)-c1c(C)cccc1OC2. The van der Waals surface area contributed by atoms with E-state index in [9.17, 15) is 4.79 Å². The van der Waals surface area contributed by atoms with Crippen LogP contribution in [0.2, 0.25) is 0 Å². The number of aryl methyl sites for hydroxylation is 1. The highest BCUT2D eigenvalue weighted by Crippen LogP contribution is 2.44. The highest BCUT2D eigenvalue weighted by atomic mass is 32.1. The Morgan fingerprint density at radius 1 is 1.22 bits per heavy atom. The van der Waals surface area contributed by atoms with Crippen LogP contribution in [0.3, 0.4) is 0 Å². The Balaban J connectivity index is 1.70. The number of anilines is 1. The number of nitrogens with zero attached hydrogens (tertiary/aromatic N) is 1. The van der Waals surface area contributed by atoms with Crippen LogP contribution < -0.4 is 14.4 Å². The third-order valence-electron chi connectivity index (χ3n) is 4.70. The first-order valence-electron chi connectivity index (χ1n) is 8.95. The fraction of sp³-hybridized carbons (Fsp3) is 0.227. The molecule has 27 heavy (non-hydrogen) atoms. The lowest BCUT2D eigenvalue weighted by Gasteiger charge is -2.19. The molecule has 5 heteroatoms. The van der Waals surface area contributed by atoms with Crippen molar-refractivity contribution in [2.75, 3.05) is 18.6 Å². The summed E-state index contributed by atoms with van der Waals surface area (Å²) in [6.45, 7) is 5.06. The summed E-state index contributed by atoms with van der Waals surface area (Å²) in [6, 6.07) is 15.6. The zero-order valence-corrected chi connectivity index (χ0v) is 16.4. The Hall–Kier alpha value is -2.79. The lowest BCUT2D eigenvalue weighted by molar-refractivity contribution is 0.0996. The van der Waals surface area contributed by atoms with Gasteiger partial charge < -0.3 is 14.4 Å². The van der Waals surface area contributed by atoms with Crippen molar-refractivity contribution < 1.29 is 14.3 Å². The number of amides is 1. The van der Waals surface area contributed by atoms with E-state index in [0.717, 1.165) is 33.0 Å². The molecule has 138 valence electrons. The third-order valence-corrected chi connectivity index (χ3v) is 5.88. The van der Waals surface area contributed by atoms with Crippen LogP contribution in [0, 0.1) is 6.92 Å². The minimum absolute atomic E-state index is 0.0447. The van der Waals surface area contributed by atoms with Gasteiger partial charge in [-0.1, -0.05) is 24.3 Å². The van der Waals surface area contributed by atoms with Crippen molar-refractivity contribution in [2.45, 2.75) is 20.5 Å². The van der Waals surface area contributed by atoms with Gasteiger partial charge in [0.15, 0.2) is 0 Å². The highest BCUT2D eigenvalue weighted by molar-refractivity contribution is 7.17. The van der Waals surface area contributed by atoms with Gasteiger partial charge in [-0.3, -0.25) is 4.79 Å². The molecule has 0 bridgehead atoms. The van der Waals surface area contributed by atoms with Crippen LogP contribution in [0.4, 0.5) is 5.69 Å². The molecule has 0 radical (unpaired) electrons. The first-order valence-corrected chi connectivity index (χ1v) is 9.77. The zero-order valence-electron chi connectivity index (χ0n) is 15.6. The standard InChI is InChI=1S/C22H21NO3S/c1-4-25-17-10-6-5-9-16(17)23(3)22(24)19-12-15-13-26-18-11-7-8-14(2)20(18)21(15)27-19/h5-12H,4,13H2,1-3H3. The van der Waals surface area contributed by atoms with Crippen molar-refractivity contribution in [1.82, 2.24) is 0 Å². The number of thiophene rings is 1. The molecule has 0 N–H and O–H groups in total.